The van der Waals surface area contributed by atoms with Crippen molar-refractivity contribution < 1.29 is 33.9 Å². The number of hydrogen-bond acceptors (Lipinski definition) is 8. The van der Waals surface area contributed by atoms with Crippen LogP contribution >= 0.6 is 15.9 Å². The van der Waals surface area contributed by atoms with Crippen LogP contribution in [0.2, 0.25) is 0 Å². The van der Waals surface area contributed by atoms with Gasteiger partial charge in [-0.1, -0.05) is 23.8 Å². The molecule has 1 aliphatic heterocycles. The van der Waals surface area contributed by atoms with Crippen molar-refractivity contribution in [3.05, 3.63) is 91.5 Å². The van der Waals surface area contributed by atoms with E-state index in [0.717, 1.165) is 4.90 Å². The van der Waals surface area contributed by atoms with Crippen molar-refractivity contribution in [3.8, 4) is 11.5 Å². The lowest BCUT2D eigenvalue weighted by molar-refractivity contribution is -0.384. The van der Waals surface area contributed by atoms with Gasteiger partial charge in [-0.25, -0.2) is 0 Å². The van der Waals surface area contributed by atoms with E-state index in [9.17, 15) is 34.4 Å². The molecular weight excluding hydrogens is 596 g/mol. The average Bonchev–Trinajstić information content (AvgIpc) is 3.21. The molecule has 10 nitrogen and oxygen atoms in total. The van der Waals surface area contributed by atoms with E-state index in [2.05, 4.69) is 15.9 Å². The van der Waals surface area contributed by atoms with Gasteiger partial charge in [0.25, 0.3) is 5.69 Å². The second kappa shape index (κ2) is 9.91. The van der Waals surface area contributed by atoms with Crippen LogP contribution in [0.25, 0.3) is 0 Å². The number of nitro groups is 1. The number of carbonyl (C=O) groups is 4. The van der Waals surface area contributed by atoms with Gasteiger partial charge in [-0.05, 0) is 59.8 Å². The van der Waals surface area contributed by atoms with Gasteiger partial charge in [0.2, 0.25) is 11.8 Å². The number of nitrogens with zero attached hydrogens (tertiary/aromatic N) is 2. The molecule has 0 saturated carbocycles. The molecule has 3 aliphatic carbocycles. The number of anilines is 1. The Morgan fingerprint density at radius 3 is 2.49 bits per heavy atom. The van der Waals surface area contributed by atoms with Crippen LogP contribution in [0.15, 0.2) is 75.8 Å². The number of para-hydroxylation sites is 1. The number of aromatic hydroxyl groups is 1. The lowest BCUT2D eigenvalue weighted by Gasteiger charge is -2.42. The van der Waals surface area contributed by atoms with Crippen LogP contribution in [0.4, 0.5) is 11.4 Å². The highest BCUT2D eigenvalue weighted by Gasteiger charge is 2.57. The molecule has 11 heteroatoms. The van der Waals surface area contributed by atoms with E-state index in [0.29, 0.717) is 17.7 Å². The summed E-state index contributed by atoms with van der Waals surface area (Å²) in [5.41, 5.74) is 1.60. The summed E-state index contributed by atoms with van der Waals surface area (Å²) in [6.07, 6.45) is 3.37. The molecule has 208 valence electrons. The number of rotatable bonds is 5. The minimum atomic E-state index is -0.824. The van der Waals surface area contributed by atoms with Crippen molar-refractivity contribution in [1.29, 1.82) is 0 Å². The molecule has 0 spiro atoms. The van der Waals surface area contributed by atoms with Gasteiger partial charge >= 0.3 is 0 Å². The fourth-order valence-electron chi connectivity index (χ4n) is 6.58. The van der Waals surface area contributed by atoms with Crippen LogP contribution in [0, 0.1) is 27.9 Å². The molecule has 6 rings (SSSR count). The predicted molar refractivity (Wildman–Crippen MR) is 149 cm³/mol. The summed E-state index contributed by atoms with van der Waals surface area (Å²) in [4.78, 5) is 65.8. The number of phenols is 1. The molecule has 0 radical (unpaired) electrons. The first-order chi connectivity index (χ1) is 19.6. The number of non-ortho nitro benzene ring substituents is 1. The van der Waals surface area contributed by atoms with Crippen LogP contribution in [-0.2, 0) is 19.2 Å². The summed E-state index contributed by atoms with van der Waals surface area (Å²) in [5, 5.41) is 22.3. The maximum atomic E-state index is 13.9. The number of nitro benzene ring substituents is 1. The highest BCUT2D eigenvalue weighted by molar-refractivity contribution is 9.12. The quantitative estimate of drug-likeness (QED) is 0.167. The van der Waals surface area contributed by atoms with Crippen molar-refractivity contribution in [1.82, 2.24) is 0 Å². The van der Waals surface area contributed by atoms with Gasteiger partial charge in [-0.2, -0.15) is 0 Å². The number of hydrogen-bond donors (Lipinski definition) is 1. The van der Waals surface area contributed by atoms with Gasteiger partial charge in [0.05, 0.1) is 33.5 Å². The van der Waals surface area contributed by atoms with Crippen LogP contribution in [0.5, 0.6) is 11.5 Å². The normalized spacial score (nSPS) is 25.4. The second-order valence-electron chi connectivity index (χ2n) is 10.3. The largest absolute Gasteiger partial charge is 0.504 e. The Labute approximate surface area is 242 Å². The summed E-state index contributed by atoms with van der Waals surface area (Å²) < 4.78 is 5.69. The predicted octanol–water partition coefficient (Wildman–Crippen LogP) is 4.67. The van der Waals surface area contributed by atoms with E-state index in [-0.39, 0.29) is 62.9 Å². The zero-order valence-corrected chi connectivity index (χ0v) is 23.3. The standard InChI is InChI=1S/C30H23BrN2O8/c1-2-41-23-5-3-4-17(28(23)36)24-16-10-11-18-25(19(16)12-20-26(24)22(34)13-21(31)27(20)35)30(38)32(29(18)37)14-6-8-15(9-7-14)33(39)40/h3-10,13,18-19,24-25,36H,2,11-12H2,1H3. The molecule has 1 saturated heterocycles. The van der Waals surface area contributed by atoms with Crippen LogP contribution in [0.1, 0.15) is 31.2 Å². The number of ketones is 2. The Kier molecular flexibility index (Phi) is 6.49. The summed E-state index contributed by atoms with van der Waals surface area (Å²) >= 11 is 3.20. The first-order valence-electron chi connectivity index (χ1n) is 13.1. The van der Waals surface area contributed by atoms with Crippen molar-refractivity contribution in [2.24, 2.45) is 17.8 Å². The highest BCUT2D eigenvalue weighted by Crippen LogP contribution is 2.57. The van der Waals surface area contributed by atoms with E-state index in [1.54, 1.807) is 25.1 Å². The number of amides is 2. The monoisotopic (exact) mass is 618 g/mol. The van der Waals surface area contributed by atoms with E-state index < -0.39 is 40.4 Å². The van der Waals surface area contributed by atoms with Crippen molar-refractivity contribution in [3.63, 3.8) is 0 Å². The van der Waals surface area contributed by atoms with Crippen LogP contribution in [0.3, 0.4) is 0 Å². The molecule has 0 aromatic heterocycles. The molecule has 1 N–H and O–H groups in total. The molecule has 0 bridgehead atoms. The number of phenolic OH excluding ortho intramolecular Hbond substituents is 1. The Bertz CT molecular complexity index is 1650. The van der Waals surface area contributed by atoms with Gasteiger partial charge in [0.15, 0.2) is 23.1 Å². The second-order valence-corrected chi connectivity index (χ2v) is 11.2. The summed E-state index contributed by atoms with van der Waals surface area (Å²) in [6, 6.07) is 10.2. The first-order valence-corrected chi connectivity index (χ1v) is 13.9. The molecule has 2 aromatic rings. The lowest BCUT2D eigenvalue weighted by atomic mass is 9.59. The van der Waals surface area contributed by atoms with E-state index in [1.807, 2.05) is 6.08 Å². The van der Waals surface area contributed by atoms with Crippen molar-refractivity contribution in [2.45, 2.75) is 25.7 Å². The Morgan fingerprint density at radius 2 is 1.80 bits per heavy atom. The minimum Gasteiger partial charge on any atom is -0.504 e. The topological polar surface area (TPSA) is 144 Å². The van der Waals surface area contributed by atoms with E-state index in [1.165, 1.54) is 30.3 Å². The summed E-state index contributed by atoms with van der Waals surface area (Å²) in [6.45, 7) is 2.07. The molecule has 4 aliphatic rings. The van der Waals surface area contributed by atoms with E-state index in [4.69, 9.17) is 4.74 Å². The number of ether oxygens (including phenoxy) is 1. The molecule has 1 heterocycles. The molecule has 2 aromatic carbocycles. The van der Waals surface area contributed by atoms with Gasteiger partial charge in [0.1, 0.15) is 0 Å². The molecule has 1 fully saturated rings. The van der Waals surface area contributed by atoms with Crippen LogP contribution < -0.4 is 9.64 Å². The summed E-state index contributed by atoms with van der Waals surface area (Å²) in [7, 11) is 0. The zero-order chi connectivity index (χ0) is 29.2. The first kappa shape index (κ1) is 26.8. The third kappa shape index (κ3) is 4.06. The van der Waals surface area contributed by atoms with Gasteiger partial charge in [-0.15, -0.1) is 0 Å². The maximum Gasteiger partial charge on any atom is 0.269 e. The van der Waals surface area contributed by atoms with Gasteiger partial charge in [0, 0.05) is 40.8 Å². The fourth-order valence-corrected chi connectivity index (χ4v) is 7.03. The molecule has 4 atom stereocenters. The molecule has 41 heavy (non-hydrogen) atoms. The van der Waals surface area contributed by atoms with Crippen molar-refractivity contribution >= 4 is 50.7 Å². The lowest BCUT2D eigenvalue weighted by Crippen LogP contribution is -2.39. The van der Waals surface area contributed by atoms with Gasteiger partial charge < -0.3 is 9.84 Å². The number of allylic oxidation sites excluding steroid dienone is 6. The smallest absolute Gasteiger partial charge is 0.269 e. The van der Waals surface area contributed by atoms with Crippen molar-refractivity contribution in [2.75, 3.05) is 11.5 Å². The van der Waals surface area contributed by atoms with Gasteiger partial charge in [-0.3, -0.25) is 34.2 Å². The van der Waals surface area contributed by atoms with E-state index >= 15 is 0 Å². The Balaban J connectivity index is 1.47. The fraction of sp³-hybridized carbons (Fsp3) is 0.267. The molecule has 2 amide bonds. The van der Waals surface area contributed by atoms with Crippen LogP contribution in [-0.4, -0.2) is 40.0 Å². The Hall–Kier alpha value is -4.38. The number of halogens is 1. The number of benzene rings is 2. The molecular formula is C30H23BrN2O8. The number of Topliss-reactive ketones (excluding diaryl/α,β-unsaturated/α-hetero) is 1. The average molecular weight is 619 g/mol. The number of imide groups is 1. The number of carbonyl (C=O) groups excluding carboxylic acids is 4. The number of fused-ring (bicyclic) bond motifs is 3. The highest BCUT2D eigenvalue weighted by atomic mass is 79.9. The summed E-state index contributed by atoms with van der Waals surface area (Å²) in [5.74, 6) is -4.52. The third-order valence-corrected chi connectivity index (χ3v) is 8.88. The minimum absolute atomic E-state index is 0.0748. The SMILES string of the molecule is CCOc1cccc(C2C3=CCC4C(=O)N(c5ccc([N+](=O)[O-])cc5)C(=O)C4C3CC3=C2C(=O)C=C(Br)C3=O)c1O. The maximum absolute atomic E-state index is 13.9. The Morgan fingerprint density at radius 1 is 1.07 bits per heavy atom. The molecule has 4 unspecified atom stereocenters. The third-order valence-electron chi connectivity index (χ3n) is 8.29. The zero-order valence-electron chi connectivity index (χ0n) is 21.7.